The number of hydrogen-bond acceptors (Lipinski definition) is 4. The molecule has 0 aromatic heterocycles. The topological polar surface area (TPSA) is 43.2 Å². The van der Waals surface area contributed by atoms with Crippen LogP contribution in [0.15, 0.2) is 52.8 Å². The standard InChI is InChI=1S/C20H18Cl2N2O2/c1-14(11-12-18-19(21)9-6-10-20(18)22)23-26-13-16-7-4-5-8-17(16)15(2)24-25-3/h4-10H,13H2,1-3H3/b23-14+,24-15-. The summed E-state index contributed by atoms with van der Waals surface area (Å²) in [5, 5.41) is 8.98. The quantitative estimate of drug-likeness (QED) is 0.395. The minimum atomic E-state index is 0.290. The second-order valence-electron chi connectivity index (χ2n) is 5.31. The van der Waals surface area contributed by atoms with Crippen molar-refractivity contribution in [1.82, 2.24) is 0 Å². The molecule has 0 aliphatic rings. The summed E-state index contributed by atoms with van der Waals surface area (Å²) in [6.07, 6.45) is 0. The van der Waals surface area contributed by atoms with Crippen LogP contribution in [0.25, 0.3) is 0 Å². The van der Waals surface area contributed by atoms with Gasteiger partial charge in [0.15, 0.2) is 0 Å². The molecule has 0 saturated carbocycles. The first kappa shape index (κ1) is 19.8. The first-order valence-corrected chi connectivity index (χ1v) is 8.57. The largest absolute Gasteiger partial charge is 0.399 e. The number of halogens is 2. The zero-order valence-corrected chi connectivity index (χ0v) is 16.2. The predicted molar refractivity (Wildman–Crippen MR) is 107 cm³/mol. The molecular weight excluding hydrogens is 371 g/mol. The lowest BCUT2D eigenvalue weighted by molar-refractivity contribution is 0.130. The fourth-order valence-electron chi connectivity index (χ4n) is 2.18. The molecule has 6 heteroatoms. The van der Waals surface area contributed by atoms with Crippen molar-refractivity contribution in [3.05, 3.63) is 69.2 Å². The summed E-state index contributed by atoms with van der Waals surface area (Å²) in [6.45, 7) is 3.91. The Morgan fingerprint density at radius 2 is 1.69 bits per heavy atom. The second kappa shape index (κ2) is 9.86. The monoisotopic (exact) mass is 388 g/mol. The van der Waals surface area contributed by atoms with E-state index in [1.165, 1.54) is 7.11 Å². The zero-order valence-electron chi connectivity index (χ0n) is 14.7. The van der Waals surface area contributed by atoms with Gasteiger partial charge in [-0.05, 0) is 31.9 Å². The third-order valence-corrected chi connectivity index (χ3v) is 4.02. The van der Waals surface area contributed by atoms with Crippen molar-refractivity contribution in [1.29, 1.82) is 0 Å². The Morgan fingerprint density at radius 1 is 1.00 bits per heavy atom. The molecule has 0 aliphatic heterocycles. The number of rotatable bonds is 5. The second-order valence-corrected chi connectivity index (χ2v) is 6.13. The van der Waals surface area contributed by atoms with Crippen LogP contribution in [0.2, 0.25) is 10.0 Å². The van der Waals surface area contributed by atoms with Gasteiger partial charge in [-0.2, -0.15) is 0 Å². The van der Waals surface area contributed by atoms with Gasteiger partial charge in [0.05, 0.1) is 21.3 Å². The van der Waals surface area contributed by atoms with Gasteiger partial charge in [-0.15, -0.1) is 0 Å². The number of benzene rings is 2. The van der Waals surface area contributed by atoms with Crippen LogP contribution in [0.4, 0.5) is 0 Å². The Bertz CT molecular complexity index is 876. The highest BCUT2D eigenvalue weighted by molar-refractivity contribution is 6.36. The lowest BCUT2D eigenvalue weighted by Crippen LogP contribution is -2.02. The Balaban J connectivity index is 2.08. The van der Waals surface area contributed by atoms with Crippen LogP contribution in [-0.2, 0) is 16.3 Å². The Kier molecular flexibility index (Phi) is 7.53. The predicted octanol–water partition coefficient (Wildman–Crippen LogP) is 5.31. The summed E-state index contributed by atoms with van der Waals surface area (Å²) in [7, 11) is 1.51. The van der Waals surface area contributed by atoms with Gasteiger partial charge in [-0.1, -0.05) is 69.8 Å². The van der Waals surface area contributed by atoms with Gasteiger partial charge in [-0.3, -0.25) is 0 Å². The zero-order chi connectivity index (χ0) is 18.9. The van der Waals surface area contributed by atoms with Crippen molar-refractivity contribution in [3.63, 3.8) is 0 Å². The molecule has 0 fully saturated rings. The molecule has 0 unspecified atom stereocenters. The maximum atomic E-state index is 6.09. The van der Waals surface area contributed by atoms with Crippen molar-refractivity contribution < 1.29 is 9.68 Å². The van der Waals surface area contributed by atoms with Crippen molar-refractivity contribution >= 4 is 34.6 Å². The molecule has 0 heterocycles. The number of nitrogens with zero attached hydrogens (tertiary/aromatic N) is 2. The van der Waals surface area contributed by atoms with E-state index in [1.54, 1.807) is 25.1 Å². The third-order valence-electron chi connectivity index (χ3n) is 3.39. The minimum Gasteiger partial charge on any atom is -0.399 e. The van der Waals surface area contributed by atoms with E-state index in [1.807, 2.05) is 31.2 Å². The van der Waals surface area contributed by atoms with Gasteiger partial charge in [-0.25, -0.2) is 0 Å². The maximum absolute atomic E-state index is 6.09. The highest BCUT2D eigenvalue weighted by atomic mass is 35.5. The highest BCUT2D eigenvalue weighted by Gasteiger charge is 2.06. The van der Waals surface area contributed by atoms with E-state index in [0.717, 1.165) is 16.8 Å². The van der Waals surface area contributed by atoms with Crippen molar-refractivity contribution in [2.45, 2.75) is 20.5 Å². The molecule has 2 aromatic rings. The molecule has 4 nitrogen and oxygen atoms in total. The molecule has 0 N–H and O–H groups in total. The van der Waals surface area contributed by atoms with Gasteiger partial charge < -0.3 is 9.68 Å². The van der Waals surface area contributed by atoms with Gasteiger partial charge in [0.1, 0.15) is 19.4 Å². The maximum Gasteiger partial charge on any atom is 0.143 e. The molecule has 26 heavy (non-hydrogen) atoms. The Labute approximate surface area is 163 Å². The molecule has 0 saturated heterocycles. The van der Waals surface area contributed by atoms with Crippen LogP contribution in [0.5, 0.6) is 0 Å². The minimum absolute atomic E-state index is 0.290. The fraction of sp³-hybridized carbons (Fsp3) is 0.200. The summed E-state index contributed by atoms with van der Waals surface area (Å²) < 4.78 is 0. The number of hydrogen-bond donors (Lipinski definition) is 0. The van der Waals surface area contributed by atoms with Crippen LogP contribution in [0, 0.1) is 11.8 Å². The fourth-order valence-corrected chi connectivity index (χ4v) is 2.67. The number of oxime groups is 2. The van der Waals surface area contributed by atoms with Gasteiger partial charge in [0, 0.05) is 11.1 Å². The van der Waals surface area contributed by atoms with Crippen LogP contribution in [0.3, 0.4) is 0 Å². The van der Waals surface area contributed by atoms with Crippen molar-refractivity contribution in [2.75, 3.05) is 7.11 Å². The molecule has 0 atom stereocenters. The van der Waals surface area contributed by atoms with Gasteiger partial charge >= 0.3 is 0 Å². The summed E-state index contributed by atoms with van der Waals surface area (Å²) >= 11 is 12.2. The molecule has 2 rings (SSSR count). The normalized spacial score (nSPS) is 11.6. The van der Waals surface area contributed by atoms with E-state index in [-0.39, 0.29) is 0 Å². The molecule has 0 radical (unpaired) electrons. The summed E-state index contributed by atoms with van der Waals surface area (Å²) in [6, 6.07) is 13.0. The van der Waals surface area contributed by atoms with E-state index in [0.29, 0.717) is 27.9 Å². The van der Waals surface area contributed by atoms with Crippen LogP contribution in [-0.4, -0.2) is 18.5 Å². The van der Waals surface area contributed by atoms with E-state index in [2.05, 4.69) is 22.2 Å². The summed E-state index contributed by atoms with van der Waals surface area (Å²) in [5.41, 5.74) is 3.74. The average Bonchev–Trinajstić information content (AvgIpc) is 2.62. The van der Waals surface area contributed by atoms with Gasteiger partial charge in [0.2, 0.25) is 0 Å². The molecule has 2 aromatic carbocycles. The van der Waals surface area contributed by atoms with E-state index in [9.17, 15) is 0 Å². The average molecular weight is 389 g/mol. The van der Waals surface area contributed by atoms with Crippen LogP contribution >= 0.6 is 23.2 Å². The lowest BCUT2D eigenvalue weighted by Gasteiger charge is -2.07. The first-order valence-electron chi connectivity index (χ1n) is 7.81. The molecule has 134 valence electrons. The van der Waals surface area contributed by atoms with E-state index in [4.69, 9.17) is 32.9 Å². The Hall–Kier alpha value is -2.48. The third kappa shape index (κ3) is 5.52. The van der Waals surface area contributed by atoms with Crippen molar-refractivity contribution in [2.24, 2.45) is 10.3 Å². The molecule has 0 aliphatic carbocycles. The molecule has 0 bridgehead atoms. The summed E-state index contributed by atoms with van der Waals surface area (Å²) in [4.78, 5) is 10.3. The highest BCUT2D eigenvalue weighted by Crippen LogP contribution is 2.22. The van der Waals surface area contributed by atoms with E-state index < -0.39 is 0 Å². The van der Waals surface area contributed by atoms with Crippen molar-refractivity contribution in [3.8, 4) is 11.8 Å². The molecule has 0 amide bonds. The smallest absolute Gasteiger partial charge is 0.143 e. The van der Waals surface area contributed by atoms with E-state index >= 15 is 0 Å². The first-order chi connectivity index (χ1) is 12.5. The van der Waals surface area contributed by atoms with Crippen LogP contribution in [0.1, 0.15) is 30.5 Å². The van der Waals surface area contributed by atoms with Gasteiger partial charge in [0.25, 0.3) is 0 Å². The Morgan fingerprint density at radius 3 is 2.38 bits per heavy atom. The molecular formula is C20H18Cl2N2O2. The summed E-state index contributed by atoms with van der Waals surface area (Å²) in [5.74, 6) is 5.80. The van der Waals surface area contributed by atoms with Crippen LogP contribution < -0.4 is 0 Å². The molecule has 0 spiro atoms. The SMILES string of the molecule is CO/N=C(/C)c1ccccc1CO/N=C(\C)C#Cc1c(Cl)cccc1Cl. The lowest BCUT2D eigenvalue weighted by atomic mass is 10.0.